The molecule has 2 N–H and O–H groups in total. The number of aliphatic imine (C=N–C) groups is 1. The molecule has 0 bridgehead atoms. The Morgan fingerprint density at radius 3 is 2.52 bits per heavy atom. The molecule has 0 heterocycles. The molecule has 0 unspecified atom stereocenters. The van der Waals surface area contributed by atoms with Crippen molar-refractivity contribution in [1.29, 1.82) is 0 Å². The summed E-state index contributed by atoms with van der Waals surface area (Å²) in [5, 5.41) is 6.77. The van der Waals surface area contributed by atoms with Gasteiger partial charge in [-0.1, -0.05) is 18.6 Å². The molecule has 3 nitrogen and oxygen atoms in total. The summed E-state index contributed by atoms with van der Waals surface area (Å²) in [5.41, 5.74) is 1.33. The van der Waals surface area contributed by atoms with E-state index in [1.807, 2.05) is 12.1 Å². The Balaban J connectivity index is 1.71. The predicted molar refractivity (Wildman–Crippen MR) is 84.1 cm³/mol. The first kappa shape index (κ1) is 14.4. The van der Waals surface area contributed by atoms with Crippen LogP contribution in [0.4, 0.5) is 4.39 Å². The molecule has 0 saturated heterocycles. The number of nitrogens with zero attached hydrogens (tertiary/aromatic N) is 1. The number of guanidine groups is 1. The van der Waals surface area contributed by atoms with Crippen molar-refractivity contribution >= 4 is 5.96 Å². The number of hydrogen-bond acceptors (Lipinski definition) is 1. The summed E-state index contributed by atoms with van der Waals surface area (Å²) >= 11 is 0. The first-order valence-electron chi connectivity index (χ1n) is 8.03. The Bertz CT molecular complexity index is 501. The van der Waals surface area contributed by atoms with Crippen molar-refractivity contribution in [3.63, 3.8) is 0 Å². The van der Waals surface area contributed by atoms with Gasteiger partial charge in [0.2, 0.25) is 0 Å². The average molecular weight is 289 g/mol. The Morgan fingerprint density at radius 2 is 2.00 bits per heavy atom. The van der Waals surface area contributed by atoms with Gasteiger partial charge in [0.05, 0.1) is 6.54 Å². The van der Waals surface area contributed by atoms with Crippen LogP contribution in [-0.2, 0) is 5.41 Å². The van der Waals surface area contributed by atoms with Crippen molar-refractivity contribution in [2.24, 2.45) is 4.99 Å². The molecule has 2 saturated carbocycles. The highest BCUT2D eigenvalue weighted by molar-refractivity contribution is 5.80. The van der Waals surface area contributed by atoms with Gasteiger partial charge in [0, 0.05) is 18.0 Å². The van der Waals surface area contributed by atoms with Crippen LogP contribution in [0, 0.1) is 5.82 Å². The van der Waals surface area contributed by atoms with Gasteiger partial charge in [0.15, 0.2) is 5.96 Å². The maximum absolute atomic E-state index is 13.1. The van der Waals surface area contributed by atoms with Crippen molar-refractivity contribution in [1.82, 2.24) is 10.6 Å². The Kier molecular flexibility index (Phi) is 4.13. The second-order valence-corrected chi connectivity index (χ2v) is 6.25. The van der Waals surface area contributed by atoms with E-state index in [1.54, 1.807) is 12.1 Å². The standard InChI is InChI=1S/C17H24FN3/c1-2-19-16(21-15-8-9-15)20-12-17(10-3-11-17)13-4-6-14(18)7-5-13/h4-7,15H,2-3,8-12H2,1H3,(H2,19,20,21). The summed E-state index contributed by atoms with van der Waals surface area (Å²) in [7, 11) is 0. The minimum atomic E-state index is -0.166. The second kappa shape index (κ2) is 6.04. The first-order chi connectivity index (χ1) is 10.2. The zero-order valence-electron chi connectivity index (χ0n) is 12.7. The van der Waals surface area contributed by atoms with E-state index in [9.17, 15) is 4.39 Å². The molecule has 2 aliphatic rings. The molecule has 0 spiro atoms. The maximum atomic E-state index is 13.1. The smallest absolute Gasteiger partial charge is 0.191 e. The lowest BCUT2D eigenvalue weighted by Gasteiger charge is -2.41. The Labute approximate surface area is 126 Å². The van der Waals surface area contributed by atoms with Crippen molar-refractivity contribution in [3.8, 4) is 0 Å². The monoisotopic (exact) mass is 289 g/mol. The van der Waals surface area contributed by atoms with Crippen LogP contribution in [-0.4, -0.2) is 25.1 Å². The van der Waals surface area contributed by atoms with Crippen LogP contribution in [0.15, 0.2) is 29.3 Å². The van der Waals surface area contributed by atoms with E-state index in [-0.39, 0.29) is 11.2 Å². The molecule has 2 aliphatic carbocycles. The van der Waals surface area contributed by atoms with Crippen LogP contribution in [0.5, 0.6) is 0 Å². The molecule has 1 aromatic rings. The van der Waals surface area contributed by atoms with Gasteiger partial charge in [-0.05, 0) is 50.3 Å². The van der Waals surface area contributed by atoms with Crippen LogP contribution >= 0.6 is 0 Å². The minimum Gasteiger partial charge on any atom is -0.357 e. The van der Waals surface area contributed by atoms with Gasteiger partial charge in [-0.2, -0.15) is 0 Å². The lowest BCUT2D eigenvalue weighted by Crippen LogP contribution is -2.42. The minimum absolute atomic E-state index is 0.111. The molecule has 0 amide bonds. The molecular formula is C17H24FN3. The fourth-order valence-corrected chi connectivity index (χ4v) is 2.92. The van der Waals surface area contributed by atoms with E-state index >= 15 is 0 Å². The van der Waals surface area contributed by atoms with Crippen molar-refractivity contribution in [2.45, 2.75) is 50.5 Å². The lowest BCUT2D eigenvalue weighted by molar-refractivity contribution is 0.253. The van der Waals surface area contributed by atoms with Crippen molar-refractivity contribution in [2.75, 3.05) is 13.1 Å². The van der Waals surface area contributed by atoms with E-state index < -0.39 is 0 Å². The van der Waals surface area contributed by atoms with Gasteiger partial charge in [0.1, 0.15) is 5.82 Å². The Morgan fingerprint density at radius 1 is 1.29 bits per heavy atom. The molecule has 114 valence electrons. The third kappa shape index (κ3) is 3.36. The lowest BCUT2D eigenvalue weighted by atomic mass is 9.64. The third-order valence-electron chi connectivity index (χ3n) is 4.57. The molecule has 0 aliphatic heterocycles. The molecule has 2 fully saturated rings. The predicted octanol–water partition coefficient (Wildman–Crippen LogP) is 2.96. The summed E-state index contributed by atoms with van der Waals surface area (Å²) in [6.07, 6.45) is 6.01. The summed E-state index contributed by atoms with van der Waals surface area (Å²) in [6.45, 7) is 3.74. The highest BCUT2D eigenvalue weighted by Gasteiger charge is 2.38. The molecular weight excluding hydrogens is 265 g/mol. The number of nitrogens with one attached hydrogen (secondary N) is 2. The van der Waals surface area contributed by atoms with Gasteiger partial charge in [-0.15, -0.1) is 0 Å². The second-order valence-electron chi connectivity index (χ2n) is 6.25. The first-order valence-corrected chi connectivity index (χ1v) is 8.03. The van der Waals surface area contributed by atoms with E-state index in [2.05, 4.69) is 17.6 Å². The number of benzene rings is 1. The third-order valence-corrected chi connectivity index (χ3v) is 4.57. The van der Waals surface area contributed by atoms with Crippen LogP contribution in [0.25, 0.3) is 0 Å². The summed E-state index contributed by atoms with van der Waals surface area (Å²) in [4.78, 5) is 4.79. The van der Waals surface area contributed by atoms with E-state index in [0.29, 0.717) is 6.04 Å². The summed E-state index contributed by atoms with van der Waals surface area (Å²) in [6, 6.07) is 7.57. The zero-order valence-corrected chi connectivity index (χ0v) is 12.7. The molecule has 0 atom stereocenters. The maximum Gasteiger partial charge on any atom is 0.191 e. The van der Waals surface area contributed by atoms with Gasteiger partial charge in [-0.25, -0.2) is 4.39 Å². The molecule has 4 heteroatoms. The van der Waals surface area contributed by atoms with Gasteiger partial charge in [0.25, 0.3) is 0 Å². The topological polar surface area (TPSA) is 36.4 Å². The number of hydrogen-bond donors (Lipinski definition) is 2. The van der Waals surface area contributed by atoms with Crippen LogP contribution in [0.3, 0.4) is 0 Å². The molecule has 0 radical (unpaired) electrons. The summed E-state index contributed by atoms with van der Waals surface area (Å²) in [5.74, 6) is 0.758. The largest absolute Gasteiger partial charge is 0.357 e. The van der Waals surface area contributed by atoms with E-state index in [1.165, 1.54) is 24.8 Å². The normalized spacial score (nSPS) is 20.8. The van der Waals surface area contributed by atoms with Crippen LogP contribution < -0.4 is 10.6 Å². The fourth-order valence-electron chi connectivity index (χ4n) is 2.92. The summed E-state index contributed by atoms with van der Waals surface area (Å²) < 4.78 is 13.1. The van der Waals surface area contributed by atoms with Crippen molar-refractivity contribution < 1.29 is 4.39 Å². The van der Waals surface area contributed by atoms with Gasteiger partial charge < -0.3 is 10.6 Å². The molecule has 0 aromatic heterocycles. The molecule has 3 rings (SSSR count). The molecule has 21 heavy (non-hydrogen) atoms. The number of halogens is 1. The van der Waals surface area contributed by atoms with E-state index in [4.69, 9.17) is 4.99 Å². The van der Waals surface area contributed by atoms with Gasteiger partial charge in [-0.3, -0.25) is 4.99 Å². The highest BCUT2D eigenvalue weighted by Crippen LogP contribution is 2.44. The highest BCUT2D eigenvalue weighted by atomic mass is 19.1. The Hall–Kier alpha value is -1.58. The van der Waals surface area contributed by atoms with Crippen LogP contribution in [0.2, 0.25) is 0 Å². The van der Waals surface area contributed by atoms with Gasteiger partial charge >= 0.3 is 0 Å². The fraction of sp³-hybridized carbons (Fsp3) is 0.588. The average Bonchev–Trinajstić information content (AvgIpc) is 3.23. The number of rotatable bonds is 5. The SMILES string of the molecule is CCNC(=NCC1(c2ccc(F)cc2)CCC1)NC1CC1. The van der Waals surface area contributed by atoms with E-state index in [0.717, 1.165) is 31.9 Å². The molecule has 1 aromatic carbocycles. The zero-order chi connectivity index (χ0) is 14.7. The van der Waals surface area contributed by atoms with Crippen LogP contribution in [0.1, 0.15) is 44.6 Å². The quantitative estimate of drug-likeness (QED) is 0.646. The van der Waals surface area contributed by atoms with Crippen molar-refractivity contribution in [3.05, 3.63) is 35.6 Å².